The fourth-order valence-corrected chi connectivity index (χ4v) is 2.33. The number of piperazine rings is 1. The van der Waals surface area contributed by atoms with Gasteiger partial charge in [-0.15, -0.1) is 0 Å². The van der Waals surface area contributed by atoms with Gasteiger partial charge in [-0.2, -0.15) is 5.26 Å². The molecule has 7 heteroatoms. The third-order valence-corrected chi connectivity index (χ3v) is 3.77. The second-order valence-electron chi connectivity index (χ2n) is 5.30. The number of nitriles is 1. The molecule has 22 heavy (non-hydrogen) atoms. The van der Waals surface area contributed by atoms with Gasteiger partial charge in [-0.05, 0) is 6.07 Å². The molecule has 0 atom stereocenters. The summed E-state index contributed by atoms with van der Waals surface area (Å²) in [5, 5.41) is 8.54. The smallest absolute Gasteiger partial charge is 0.257 e. The number of hydrogen-bond acceptors (Lipinski definition) is 5. The summed E-state index contributed by atoms with van der Waals surface area (Å²) in [7, 11) is 1.71. The zero-order valence-electron chi connectivity index (χ0n) is 12.7. The molecule has 1 aromatic heterocycles. The first-order valence-electron chi connectivity index (χ1n) is 7.26. The van der Waals surface area contributed by atoms with Crippen molar-refractivity contribution in [2.24, 2.45) is 0 Å². The predicted molar refractivity (Wildman–Crippen MR) is 78.9 cm³/mol. The third-order valence-electron chi connectivity index (χ3n) is 3.77. The van der Waals surface area contributed by atoms with E-state index in [1.807, 2.05) is 11.0 Å². The Morgan fingerprint density at radius 1 is 1.36 bits per heavy atom. The fourth-order valence-electron chi connectivity index (χ4n) is 2.33. The normalized spacial score (nSPS) is 15.4. The van der Waals surface area contributed by atoms with Crippen LogP contribution in [0, 0.1) is 11.3 Å². The molecule has 1 saturated heterocycles. The summed E-state index contributed by atoms with van der Waals surface area (Å²) < 4.78 is 4.93. The molecule has 2 rings (SSSR count). The van der Waals surface area contributed by atoms with Crippen LogP contribution in [0.1, 0.15) is 16.8 Å². The van der Waals surface area contributed by atoms with Gasteiger partial charge >= 0.3 is 0 Å². The van der Waals surface area contributed by atoms with E-state index in [9.17, 15) is 9.59 Å². The van der Waals surface area contributed by atoms with E-state index in [1.54, 1.807) is 22.9 Å². The number of likely N-dealkylation sites (N-methyl/N-ethyl adjacent to an activating group) is 1. The molecule has 0 aliphatic carbocycles. The van der Waals surface area contributed by atoms with Crippen LogP contribution in [0.4, 0.5) is 0 Å². The average Bonchev–Trinajstić information content (AvgIpc) is 3.07. The van der Waals surface area contributed by atoms with Gasteiger partial charge in [0, 0.05) is 39.8 Å². The Labute approximate surface area is 129 Å². The van der Waals surface area contributed by atoms with Crippen LogP contribution in [0.25, 0.3) is 0 Å². The minimum atomic E-state index is -0.0362. The van der Waals surface area contributed by atoms with Crippen LogP contribution >= 0.6 is 0 Å². The molecular formula is C15H20N4O3. The number of nitrogens with zero attached hydrogens (tertiary/aromatic N) is 4. The quantitative estimate of drug-likeness (QED) is 0.787. The zero-order chi connectivity index (χ0) is 15.9. The molecule has 0 radical (unpaired) electrons. The molecule has 2 heterocycles. The Kier molecular flexibility index (Phi) is 5.55. The lowest BCUT2D eigenvalue weighted by Crippen LogP contribution is -2.51. The minimum Gasteiger partial charge on any atom is -0.472 e. The van der Waals surface area contributed by atoms with Gasteiger partial charge in [0.05, 0.1) is 30.9 Å². The van der Waals surface area contributed by atoms with E-state index in [0.29, 0.717) is 51.3 Å². The van der Waals surface area contributed by atoms with E-state index in [2.05, 4.69) is 0 Å². The number of amides is 2. The van der Waals surface area contributed by atoms with Crippen LogP contribution in [0.5, 0.6) is 0 Å². The molecule has 0 spiro atoms. The average molecular weight is 304 g/mol. The first-order chi connectivity index (χ1) is 10.6. The van der Waals surface area contributed by atoms with Crippen LogP contribution in [0.15, 0.2) is 23.0 Å². The summed E-state index contributed by atoms with van der Waals surface area (Å²) >= 11 is 0. The summed E-state index contributed by atoms with van der Waals surface area (Å²) in [4.78, 5) is 29.5. The van der Waals surface area contributed by atoms with Gasteiger partial charge in [0.15, 0.2) is 0 Å². The molecule has 1 aliphatic rings. The lowest BCUT2D eigenvalue weighted by Gasteiger charge is -2.34. The van der Waals surface area contributed by atoms with E-state index in [4.69, 9.17) is 9.68 Å². The number of carbonyl (C=O) groups excluding carboxylic acids is 2. The van der Waals surface area contributed by atoms with Crippen molar-refractivity contribution in [2.45, 2.75) is 6.42 Å². The number of hydrogen-bond donors (Lipinski definition) is 0. The van der Waals surface area contributed by atoms with E-state index in [-0.39, 0.29) is 11.8 Å². The molecule has 0 saturated carbocycles. The van der Waals surface area contributed by atoms with E-state index < -0.39 is 0 Å². The molecular weight excluding hydrogens is 284 g/mol. The van der Waals surface area contributed by atoms with Gasteiger partial charge in [-0.1, -0.05) is 0 Å². The maximum atomic E-state index is 12.2. The maximum Gasteiger partial charge on any atom is 0.257 e. The van der Waals surface area contributed by atoms with Crippen molar-refractivity contribution in [3.8, 4) is 6.07 Å². The molecule has 2 amide bonds. The molecule has 0 aromatic carbocycles. The largest absolute Gasteiger partial charge is 0.472 e. The second kappa shape index (κ2) is 7.61. The van der Waals surface area contributed by atoms with Crippen molar-refractivity contribution >= 4 is 11.8 Å². The van der Waals surface area contributed by atoms with Crippen LogP contribution in [0.2, 0.25) is 0 Å². The summed E-state index contributed by atoms with van der Waals surface area (Å²) in [5.74, 6) is -0.0317. The van der Waals surface area contributed by atoms with Crippen LogP contribution in [0.3, 0.4) is 0 Å². The van der Waals surface area contributed by atoms with Crippen molar-refractivity contribution in [3.63, 3.8) is 0 Å². The molecule has 1 aromatic rings. The van der Waals surface area contributed by atoms with Crippen LogP contribution < -0.4 is 0 Å². The van der Waals surface area contributed by atoms with Crippen molar-refractivity contribution in [1.29, 1.82) is 5.26 Å². The maximum absolute atomic E-state index is 12.2. The predicted octanol–water partition coefficient (Wildman–Crippen LogP) is 0.409. The molecule has 0 unspecified atom stereocenters. The number of furan rings is 1. The third kappa shape index (κ3) is 4.09. The number of rotatable bonds is 5. The zero-order valence-corrected chi connectivity index (χ0v) is 12.7. The van der Waals surface area contributed by atoms with Gasteiger partial charge in [0.25, 0.3) is 5.91 Å². The van der Waals surface area contributed by atoms with Crippen molar-refractivity contribution in [2.75, 3.05) is 46.3 Å². The fraction of sp³-hybridized carbons (Fsp3) is 0.533. The van der Waals surface area contributed by atoms with E-state index in [1.165, 1.54) is 12.5 Å². The Bertz CT molecular complexity index is 542. The molecule has 0 bridgehead atoms. The second-order valence-corrected chi connectivity index (χ2v) is 5.30. The van der Waals surface area contributed by atoms with Crippen molar-refractivity contribution < 1.29 is 14.0 Å². The van der Waals surface area contributed by atoms with Crippen LogP contribution in [-0.4, -0.2) is 72.8 Å². The standard InChI is InChI=1S/C15H20N4O3/c1-17(5-2-4-16)14(20)11-18-6-8-19(9-7-18)15(21)13-3-10-22-12-13/h3,10,12H,2,5-9,11H2,1H3. The van der Waals surface area contributed by atoms with E-state index >= 15 is 0 Å². The van der Waals surface area contributed by atoms with Crippen molar-refractivity contribution in [3.05, 3.63) is 24.2 Å². The summed E-state index contributed by atoms with van der Waals surface area (Å²) in [5.41, 5.74) is 0.556. The molecule has 7 nitrogen and oxygen atoms in total. The summed E-state index contributed by atoms with van der Waals surface area (Å²) in [6.45, 7) is 3.31. The monoisotopic (exact) mass is 304 g/mol. The molecule has 1 fully saturated rings. The Hall–Kier alpha value is -2.33. The summed E-state index contributed by atoms with van der Waals surface area (Å²) in [6.07, 6.45) is 3.27. The Balaban J connectivity index is 1.76. The van der Waals surface area contributed by atoms with E-state index in [0.717, 1.165) is 0 Å². The first-order valence-corrected chi connectivity index (χ1v) is 7.26. The van der Waals surface area contributed by atoms with Gasteiger partial charge in [0.2, 0.25) is 5.91 Å². The van der Waals surface area contributed by atoms with Gasteiger partial charge in [-0.25, -0.2) is 0 Å². The Morgan fingerprint density at radius 3 is 2.68 bits per heavy atom. The van der Waals surface area contributed by atoms with Crippen LogP contribution in [-0.2, 0) is 4.79 Å². The van der Waals surface area contributed by atoms with Gasteiger partial charge in [0.1, 0.15) is 6.26 Å². The lowest BCUT2D eigenvalue weighted by atomic mass is 10.2. The SMILES string of the molecule is CN(CCC#N)C(=O)CN1CCN(C(=O)c2ccoc2)CC1. The van der Waals surface area contributed by atoms with Crippen molar-refractivity contribution in [1.82, 2.24) is 14.7 Å². The van der Waals surface area contributed by atoms with Gasteiger partial charge in [-0.3, -0.25) is 14.5 Å². The highest BCUT2D eigenvalue weighted by Crippen LogP contribution is 2.09. The first kappa shape index (κ1) is 16.0. The molecule has 118 valence electrons. The highest BCUT2D eigenvalue weighted by atomic mass is 16.3. The number of carbonyl (C=O) groups is 2. The summed E-state index contributed by atoms with van der Waals surface area (Å²) in [6, 6.07) is 3.68. The molecule has 1 aliphatic heterocycles. The highest BCUT2D eigenvalue weighted by molar-refractivity contribution is 5.93. The lowest BCUT2D eigenvalue weighted by molar-refractivity contribution is -0.131. The Morgan fingerprint density at radius 2 is 2.09 bits per heavy atom. The highest BCUT2D eigenvalue weighted by Gasteiger charge is 2.24. The minimum absolute atomic E-state index is 0.00450. The topological polar surface area (TPSA) is 80.8 Å². The van der Waals surface area contributed by atoms with Gasteiger partial charge < -0.3 is 14.2 Å². The molecule has 0 N–H and O–H groups in total.